The molecule has 0 amide bonds. The molecular weight excluding hydrogens is 175 g/mol. The van der Waals surface area contributed by atoms with Crippen LogP contribution in [0, 0.1) is 0 Å². The van der Waals surface area contributed by atoms with Crippen LogP contribution in [-0.4, -0.2) is 51.4 Å². The van der Waals surface area contributed by atoms with Crippen molar-refractivity contribution >= 4 is 51.4 Å². The van der Waals surface area contributed by atoms with E-state index in [9.17, 15) is 0 Å². The van der Waals surface area contributed by atoms with Crippen LogP contribution in [0.1, 0.15) is 0 Å². The summed E-state index contributed by atoms with van der Waals surface area (Å²) in [5, 5.41) is 0. The van der Waals surface area contributed by atoms with Gasteiger partial charge >= 0.3 is 0 Å². The maximum Gasteiger partial charge on any atom is 0 e. The van der Waals surface area contributed by atoms with Crippen LogP contribution >= 0.6 is 0 Å². The van der Waals surface area contributed by atoms with Gasteiger partial charge in [-0.15, -0.1) is 0 Å². The van der Waals surface area contributed by atoms with E-state index in [1.54, 1.807) is 0 Å². The van der Waals surface area contributed by atoms with Crippen molar-refractivity contribution < 1.29 is 22.4 Å². The zero-order valence-corrected chi connectivity index (χ0v) is 7.06. The zero-order valence-electron chi connectivity index (χ0n) is 2.46. The Balaban J connectivity index is 0. The minimum absolute atomic E-state index is 0. The van der Waals surface area contributed by atoms with Crippen LogP contribution in [0.25, 0.3) is 12.3 Å². The van der Waals surface area contributed by atoms with Gasteiger partial charge in [0.05, 0.1) is 0 Å². The Labute approximate surface area is 84.2 Å². The summed E-state index contributed by atoms with van der Waals surface area (Å²) in [6.45, 7) is 0. The first kappa shape index (κ1) is 33.5. The molecule has 0 aromatic heterocycles. The first-order valence-corrected chi connectivity index (χ1v) is 0. The maximum atomic E-state index is 0. The molecule has 28 valence electrons. The van der Waals surface area contributed by atoms with Crippen molar-refractivity contribution in [3.8, 4) is 0 Å². The summed E-state index contributed by atoms with van der Waals surface area (Å²) in [6, 6.07) is 0. The molecule has 0 bridgehead atoms. The molecule has 4 N–H and O–H groups in total. The van der Waals surface area contributed by atoms with Gasteiger partial charge in [-0.1, -0.05) is 0 Å². The number of rotatable bonds is 0. The topological polar surface area (TPSA) is 67.0 Å². The Morgan fingerprint density at radius 3 is 0.750 bits per heavy atom. The standard InChI is InChI=1S/Ag.K.2H2N/h;;2*1H2/q;;2*-1. The van der Waals surface area contributed by atoms with E-state index in [0.29, 0.717) is 0 Å². The molecule has 0 spiro atoms. The van der Waals surface area contributed by atoms with Crippen molar-refractivity contribution in [2.75, 3.05) is 0 Å². The zero-order chi connectivity index (χ0) is 0. The molecule has 4 heteroatoms. The largest absolute Gasteiger partial charge is 0.693 e. The minimum Gasteiger partial charge on any atom is -0.693 e. The fourth-order valence-corrected chi connectivity index (χ4v) is 0. The molecule has 0 saturated heterocycles. The number of nitrogens with two attached hydrogens (primary N) is 2. The Morgan fingerprint density at radius 1 is 0.750 bits per heavy atom. The molecule has 0 unspecified atom stereocenters. The predicted octanol–water partition coefficient (Wildman–Crippen LogP) is 1.05. The van der Waals surface area contributed by atoms with E-state index in [1.807, 2.05) is 0 Å². The summed E-state index contributed by atoms with van der Waals surface area (Å²) in [5.41, 5.74) is 0. The van der Waals surface area contributed by atoms with Crippen LogP contribution in [0.5, 0.6) is 0 Å². The van der Waals surface area contributed by atoms with Crippen molar-refractivity contribution in [3.63, 3.8) is 0 Å². The summed E-state index contributed by atoms with van der Waals surface area (Å²) in [6.07, 6.45) is 0. The van der Waals surface area contributed by atoms with Gasteiger partial charge in [0.2, 0.25) is 0 Å². The average Bonchev–Trinajstić information content (AvgIpc) is 0. The van der Waals surface area contributed by atoms with E-state index in [0.717, 1.165) is 0 Å². The quantitative estimate of drug-likeness (QED) is 0.498. The van der Waals surface area contributed by atoms with Crippen molar-refractivity contribution in [3.05, 3.63) is 12.3 Å². The van der Waals surface area contributed by atoms with Gasteiger partial charge in [-0.3, -0.25) is 0 Å². The Bertz CT molecular complexity index is 6.00. The molecule has 0 saturated carbocycles. The van der Waals surface area contributed by atoms with E-state index in [-0.39, 0.29) is 86.1 Å². The summed E-state index contributed by atoms with van der Waals surface area (Å²) < 4.78 is 0. The third-order valence-corrected chi connectivity index (χ3v) is 0. The molecule has 0 atom stereocenters. The van der Waals surface area contributed by atoms with E-state index >= 15 is 0 Å². The van der Waals surface area contributed by atoms with Crippen LogP contribution in [0.3, 0.4) is 0 Å². The third kappa shape index (κ3) is 8.85. The fourth-order valence-electron chi connectivity index (χ4n) is 0. The molecule has 0 heterocycles. The van der Waals surface area contributed by atoms with E-state index < -0.39 is 0 Å². The second-order valence-electron chi connectivity index (χ2n) is 0. The molecule has 0 fully saturated rings. The second kappa shape index (κ2) is 18.5. The van der Waals surface area contributed by atoms with Gasteiger partial charge < -0.3 is 12.3 Å². The molecule has 0 aromatic rings. The monoisotopic (exact) mass is 178 g/mol. The van der Waals surface area contributed by atoms with Crippen molar-refractivity contribution in [1.29, 1.82) is 0 Å². The van der Waals surface area contributed by atoms with E-state index in [4.69, 9.17) is 0 Å². The van der Waals surface area contributed by atoms with Crippen LogP contribution in [0.2, 0.25) is 0 Å². The molecule has 0 aliphatic heterocycles. The van der Waals surface area contributed by atoms with Gasteiger partial charge in [0, 0.05) is 73.8 Å². The summed E-state index contributed by atoms with van der Waals surface area (Å²) in [7, 11) is 0. The third-order valence-electron chi connectivity index (χ3n) is 0. The Kier molecular flexibility index (Phi) is 155. The van der Waals surface area contributed by atoms with Gasteiger partial charge in [-0.05, 0) is 0 Å². The average molecular weight is 179 g/mol. The molecule has 0 aliphatic carbocycles. The molecule has 2 nitrogen and oxygen atoms in total. The first-order valence-electron chi connectivity index (χ1n) is 0. The predicted molar refractivity (Wildman–Crippen MR) is 16.3 cm³/mol. The first-order chi connectivity index (χ1) is 0. The molecule has 0 aliphatic rings. The smallest absolute Gasteiger partial charge is 0 e. The summed E-state index contributed by atoms with van der Waals surface area (Å²) >= 11 is 0. The number of hydrogen-bond acceptors (Lipinski definition) is 0. The molecule has 4 heavy (non-hydrogen) atoms. The second-order valence-corrected chi connectivity index (χ2v) is 0. The van der Waals surface area contributed by atoms with E-state index in [1.165, 1.54) is 0 Å². The van der Waals surface area contributed by atoms with Crippen LogP contribution in [-0.2, 0) is 22.4 Å². The molecule has 2 radical (unpaired) electrons. The minimum atomic E-state index is 0. The molecular formula is H4AgKN2-2. The van der Waals surface area contributed by atoms with Gasteiger partial charge in [-0.25, -0.2) is 0 Å². The van der Waals surface area contributed by atoms with Crippen LogP contribution in [0.15, 0.2) is 0 Å². The van der Waals surface area contributed by atoms with Gasteiger partial charge in [0.1, 0.15) is 0 Å². The van der Waals surface area contributed by atoms with Gasteiger partial charge in [0.25, 0.3) is 0 Å². The van der Waals surface area contributed by atoms with Crippen LogP contribution < -0.4 is 0 Å². The van der Waals surface area contributed by atoms with Crippen LogP contribution in [0.4, 0.5) is 0 Å². The van der Waals surface area contributed by atoms with Gasteiger partial charge in [0.15, 0.2) is 0 Å². The SMILES string of the molecule is [Ag].[K].[NH2-].[NH2-]. The fraction of sp³-hybridized carbons (Fsp3) is 0. The Hall–Kier alpha value is 2.30. The van der Waals surface area contributed by atoms with Gasteiger partial charge in [-0.2, -0.15) is 0 Å². The normalized spacial score (nSPS) is 0. The van der Waals surface area contributed by atoms with Crippen molar-refractivity contribution in [1.82, 2.24) is 0 Å². The molecule has 0 aromatic carbocycles. The summed E-state index contributed by atoms with van der Waals surface area (Å²) in [4.78, 5) is 0. The summed E-state index contributed by atoms with van der Waals surface area (Å²) in [5.74, 6) is 0. The van der Waals surface area contributed by atoms with E-state index in [2.05, 4.69) is 0 Å². The Morgan fingerprint density at radius 2 is 0.750 bits per heavy atom. The number of hydrogen-bond donors (Lipinski definition) is 0. The maximum absolute atomic E-state index is 0. The molecule has 0 rings (SSSR count). The van der Waals surface area contributed by atoms with Crippen molar-refractivity contribution in [2.24, 2.45) is 0 Å². The van der Waals surface area contributed by atoms with Crippen molar-refractivity contribution in [2.45, 2.75) is 0 Å².